The van der Waals surface area contributed by atoms with E-state index in [0.29, 0.717) is 6.54 Å². The quantitative estimate of drug-likeness (QED) is 0.639. The first-order valence-corrected chi connectivity index (χ1v) is 4.56. The minimum Gasteiger partial charge on any atom is -0.271 e. The lowest BCUT2D eigenvalue weighted by Crippen LogP contribution is -2.21. The van der Waals surface area contributed by atoms with Crippen molar-refractivity contribution < 1.29 is 0 Å². The highest BCUT2D eigenvalue weighted by atomic mass is 79.9. The van der Waals surface area contributed by atoms with Crippen LogP contribution in [0.2, 0.25) is 0 Å². The number of aromatic nitrogens is 1. The van der Waals surface area contributed by atoms with Crippen LogP contribution >= 0.6 is 31.9 Å². The lowest BCUT2D eigenvalue weighted by atomic mass is 10.3. The first kappa shape index (κ1) is 9.12. The topological polar surface area (TPSA) is 50.9 Å². The van der Waals surface area contributed by atoms with Crippen LogP contribution in [-0.2, 0) is 6.54 Å². The standard InChI is InChI=1S/C6H7Br2N3/c7-4-1-5(8)6(3-11-9)10-2-4/h1-2,11H,3,9H2. The van der Waals surface area contributed by atoms with E-state index in [2.05, 4.69) is 42.3 Å². The van der Waals surface area contributed by atoms with E-state index >= 15 is 0 Å². The molecular weight excluding hydrogens is 274 g/mol. The van der Waals surface area contributed by atoms with Crippen molar-refractivity contribution in [1.82, 2.24) is 10.4 Å². The smallest absolute Gasteiger partial charge is 0.0698 e. The highest BCUT2D eigenvalue weighted by Gasteiger charge is 1.99. The van der Waals surface area contributed by atoms with Crippen LogP contribution in [0, 0.1) is 0 Å². The molecule has 0 atom stereocenters. The van der Waals surface area contributed by atoms with Crippen molar-refractivity contribution in [2.24, 2.45) is 5.84 Å². The molecule has 3 N–H and O–H groups in total. The minimum atomic E-state index is 0.563. The van der Waals surface area contributed by atoms with Gasteiger partial charge in [0.05, 0.1) is 12.2 Å². The summed E-state index contributed by atoms with van der Waals surface area (Å²) in [4.78, 5) is 4.13. The molecule has 0 spiro atoms. The summed E-state index contributed by atoms with van der Waals surface area (Å²) in [5, 5.41) is 0. The van der Waals surface area contributed by atoms with Gasteiger partial charge in [-0.15, -0.1) is 0 Å². The van der Waals surface area contributed by atoms with Gasteiger partial charge in [-0.2, -0.15) is 0 Å². The molecule has 0 saturated heterocycles. The molecule has 0 aromatic carbocycles. The summed E-state index contributed by atoms with van der Waals surface area (Å²) in [6, 6.07) is 1.93. The Morgan fingerprint density at radius 1 is 1.55 bits per heavy atom. The SMILES string of the molecule is NNCc1ncc(Br)cc1Br. The Kier molecular flexibility index (Phi) is 3.45. The molecule has 0 aliphatic rings. The van der Waals surface area contributed by atoms with Crippen LogP contribution in [0.5, 0.6) is 0 Å². The van der Waals surface area contributed by atoms with Gasteiger partial charge in [0.15, 0.2) is 0 Å². The average Bonchev–Trinajstić information content (AvgIpc) is 1.95. The molecule has 1 rings (SSSR count). The highest BCUT2D eigenvalue weighted by molar-refractivity contribution is 9.11. The average molecular weight is 281 g/mol. The molecule has 0 fully saturated rings. The number of pyridine rings is 1. The van der Waals surface area contributed by atoms with Crippen molar-refractivity contribution in [3.05, 3.63) is 26.9 Å². The number of nitrogens with one attached hydrogen (secondary N) is 1. The van der Waals surface area contributed by atoms with Gasteiger partial charge in [-0.05, 0) is 37.9 Å². The van der Waals surface area contributed by atoms with Crippen LogP contribution in [0.15, 0.2) is 21.2 Å². The maximum absolute atomic E-state index is 5.14. The van der Waals surface area contributed by atoms with Crippen molar-refractivity contribution in [2.75, 3.05) is 0 Å². The lowest BCUT2D eigenvalue weighted by molar-refractivity contribution is 0.719. The number of hydrogen-bond donors (Lipinski definition) is 2. The number of halogens is 2. The zero-order valence-corrected chi connectivity index (χ0v) is 8.81. The van der Waals surface area contributed by atoms with Gasteiger partial charge in [-0.1, -0.05) is 0 Å². The summed E-state index contributed by atoms with van der Waals surface area (Å²) in [5.41, 5.74) is 3.44. The van der Waals surface area contributed by atoms with Crippen LogP contribution in [0.4, 0.5) is 0 Å². The summed E-state index contributed by atoms with van der Waals surface area (Å²) in [5.74, 6) is 5.14. The Hall–Kier alpha value is 0.0300. The molecule has 3 nitrogen and oxygen atoms in total. The van der Waals surface area contributed by atoms with E-state index in [1.807, 2.05) is 6.07 Å². The number of hydrazine groups is 1. The second kappa shape index (κ2) is 4.15. The van der Waals surface area contributed by atoms with E-state index in [4.69, 9.17) is 5.84 Å². The largest absolute Gasteiger partial charge is 0.271 e. The van der Waals surface area contributed by atoms with Gasteiger partial charge in [0.2, 0.25) is 0 Å². The predicted octanol–water partition coefficient (Wildman–Crippen LogP) is 1.57. The molecule has 0 aliphatic heterocycles. The lowest BCUT2D eigenvalue weighted by Gasteiger charge is -2.01. The van der Waals surface area contributed by atoms with E-state index in [1.54, 1.807) is 6.20 Å². The Morgan fingerprint density at radius 3 is 2.82 bits per heavy atom. The second-order valence-electron chi connectivity index (χ2n) is 1.96. The zero-order valence-electron chi connectivity index (χ0n) is 5.64. The van der Waals surface area contributed by atoms with Crippen LogP contribution in [-0.4, -0.2) is 4.98 Å². The molecule has 1 aromatic rings. The first-order chi connectivity index (χ1) is 5.24. The van der Waals surface area contributed by atoms with Gasteiger partial charge in [0, 0.05) is 15.1 Å². The van der Waals surface area contributed by atoms with Crippen molar-refractivity contribution >= 4 is 31.9 Å². The van der Waals surface area contributed by atoms with Gasteiger partial charge in [-0.25, -0.2) is 0 Å². The molecule has 11 heavy (non-hydrogen) atoms. The highest BCUT2D eigenvalue weighted by Crippen LogP contribution is 2.18. The van der Waals surface area contributed by atoms with Gasteiger partial charge < -0.3 is 0 Å². The summed E-state index contributed by atoms with van der Waals surface area (Å²) >= 11 is 6.66. The Morgan fingerprint density at radius 2 is 2.27 bits per heavy atom. The Balaban J connectivity index is 2.90. The van der Waals surface area contributed by atoms with E-state index < -0.39 is 0 Å². The molecule has 0 amide bonds. The summed E-state index contributed by atoms with van der Waals surface area (Å²) in [6.45, 7) is 0.563. The molecular formula is C6H7Br2N3. The Labute approximate surface area is 81.6 Å². The fourth-order valence-electron chi connectivity index (χ4n) is 0.670. The molecule has 0 bridgehead atoms. The maximum atomic E-state index is 5.14. The normalized spacial score (nSPS) is 10.1. The van der Waals surface area contributed by atoms with Crippen molar-refractivity contribution in [2.45, 2.75) is 6.54 Å². The van der Waals surface area contributed by atoms with E-state index in [9.17, 15) is 0 Å². The van der Waals surface area contributed by atoms with E-state index in [0.717, 1.165) is 14.6 Å². The Bertz CT molecular complexity index is 252. The molecule has 60 valence electrons. The van der Waals surface area contributed by atoms with Crippen molar-refractivity contribution in [3.8, 4) is 0 Å². The third kappa shape index (κ3) is 2.52. The van der Waals surface area contributed by atoms with Crippen LogP contribution < -0.4 is 11.3 Å². The zero-order chi connectivity index (χ0) is 8.27. The molecule has 5 heteroatoms. The summed E-state index contributed by atoms with van der Waals surface area (Å²) < 4.78 is 1.90. The third-order valence-electron chi connectivity index (χ3n) is 1.15. The van der Waals surface area contributed by atoms with Crippen LogP contribution in [0.1, 0.15) is 5.69 Å². The number of nitrogens with two attached hydrogens (primary N) is 1. The van der Waals surface area contributed by atoms with E-state index in [1.165, 1.54) is 0 Å². The van der Waals surface area contributed by atoms with Gasteiger partial charge in [-0.3, -0.25) is 16.3 Å². The molecule has 0 radical (unpaired) electrons. The van der Waals surface area contributed by atoms with Crippen molar-refractivity contribution in [3.63, 3.8) is 0 Å². The van der Waals surface area contributed by atoms with Gasteiger partial charge in [0.25, 0.3) is 0 Å². The summed E-state index contributed by atoms with van der Waals surface area (Å²) in [7, 11) is 0. The predicted molar refractivity (Wildman–Crippen MR) is 50.7 cm³/mol. The molecule has 1 heterocycles. The number of nitrogens with zero attached hydrogens (tertiary/aromatic N) is 1. The third-order valence-corrected chi connectivity index (χ3v) is 2.27. The van der Waals surface area contributed by atoms with Crippen LogP contribution in [0.3, 0.4) is 0 Å². The molecule has 1 aromatic heterocycles. The monoisotopic (exact) mass is 279 g/mol. The number of rotatable bonds is 2. The fraction of sp³-hybridized carbons (Fsp3) is 0.167. The number of hydrogen-bond acceptors (Lipinski definition) is 3. The van der Waals surface area contributed by atoms with E-state index in [-0.39, 0.29) is 0 Å². The first-order valence-electron chi connectivity index (χ1n) is 2.97. The fourth-order valence-corrected chi connectivity index (χ4v) is 1.80. The van der Waals surface area contributed by atoms with Gasteiger partial charge >= 0.3 is 0 Å². The van der Waals surface area contributed by atoms with Crippen LogP contribution in [0.25, 0.3) is 0 Å². The molecule has 0 unspecified atom stereocenters. The maximum Gasteiger partial charge on any atom is 0.0698 e. The van der Waals surface area contributed by atoms with Gasteiger partial charge in [0.1, 0.15) is 0 Å². The second-order valence-corrected chi connectivity index (χ2v) is 3.73. The summed E-state index contributed by atoms with van der Waals surface area (Å²) in [6.07, 6.45) is 1.73. The molecule has 0 saturated carbocycles. The van der Waals surface area contributed by atoms with Crippen molar-refractivity contribution in [1.29, 1.82) is 0 Å². The molecule has 0 aliphatic carbocycles. The minimum absolute atomic E-state index is 0.563.